The van der Waals surface area contributed by atoms with Crippen molar-refractivity contribution >= 4 is 18.0 Å². The Morgan fingerprint density at radius 1 is 1.00 bits per heavy atom. The van der Waals surface area contributed by atoms with Crippen LogP contribution >= 0.6 is 0 Å². The van der Waals surface area contributed by atoms with E-state index in [9.17, 15) is 23.2 Å². The van der Waals surface area contributed by atoms with Crippen molar-refractivity contribution in [3.63, 3.8) is 0 Å². The Morgan fingerprint density at radius 3 is 2.06 bits per heavy atom. The average Bonchev–Trinajstić information content (AvgIpc) is 3.13. The third-order valence-electron chi connectivity index (χ3n) is 5.77. The van der Waals surface area contributed by atoms with Gasteiger partial charge in [-0.2, -0.15) is 0 Å². The van der Waals surface area contributed by atoms with Crippen molar-refractivity contribution in [3.8, 4) is 11.1 Å². The highest BCUT2D eigenvalue weighted by atomic mass is 19.3. The van der Waals surface area contributed by atoms with Gasteiger partial charge in [-0.25, -0.2) is 13.6 Å². The Hall–Kier alpha value is -3.53. The monoisotopic (exact) mass is 476 g/mol. The van der Waals surface area contributed by atoms with Gasteiger partial charge < -0.3 is 25.2 Å². The molecule has 0 saturated heterocycles. The van der Waals surface area contributed by atoms with Crippen LogP contribution < -0.4 is 10.6 Å². The number of benzene rings is 2. The van der Waals surface area contributed by atoms with Crippen molar-refractivity contribution in [2.45, 2.75) is 43.9 Å². The average molecular weight is 476 g/mol. The minimum Gasteiger partial charge on any atom is -0.481 e. The van der Waals surface area contributed by atoms with Crippen LogP contribution in [0.5, 0.6) is 0 Å². The summed E-state index contributed by atoms with van der Waals surface area (Å²) in [5, 5.41) is 13.1. The van der Waals surface area contributed by atoms with E-state index in [4.69, 9.17) is 14.6 Å². The first-order chi connectivity index (χ1) is 16.2. The maximum atomic E-state index is 13.1. The third kappa shape index (κ3) is 5.69. The molecule has 182 valence electrons. The molecule has 2 aromatic carbocycles. The molecule has 0 bridgehead atoms. The fourth-order valence-corrected chi connectivity index (χ4v) is 3.96. The second-order valence-corrected chi connectivity index (χ2v) is 7.94. The topological polar surface area (TPSA) is 114 Å². The van der Waals surface area contributed by atoms with Gasteiger partial charge in [-0.1, -0.05) is 48.5 Å². The number of aliphatic carboxylic acids is 1. The predicted molar refractivity (Wildman–Crippen MR) is 119 cm³/mol. The zero-order valence-corrected chi connectivity index (χ0v) is 18.7. The van der Waals surface area contributed by atoms with Crippen LogP contribution in [0.15, 0.2) is 48.5 Å². The SMILES string of the molecule is CO[C@H](C)[C@H](NC(=O)OCC1c2ccccc2-c2ccccc21)C(=O)NC(CC(=O)O)C(F)F. The Balaban J connectivity index is 1.68. The van der Waals surface area contributed by atoms with Crippen LogP contribution in [0.2, 0.25) is 0 Å². The first kappa shape index (κ1) is 25.1. The quantitative estimate of drug-likeness (QED) is 0.486. The largest absolute Gasteiger partial charge is 0.481 e. The number of fused-ring (bicyclic) bond motifs is 3. The maximum Gasteiger partial charge on any atom is 0.407 e. The summed E-state index contributed by atoms with van der Waals surface area (Å²) in [5.41, 5.74) is 4.11. The van der Waals surface area contributed by atoms with Crippen molar-refractivity contribution < 1.29 is 37.7 Å². The van der Waals surface area contributed by atoms with Crippen molar-refractivity contribution in [2.75, 3.05) is 13.7 Å². The van der Waals surface area contributed by atoms with Gasteiger partial charge in [0.25, 0.3) is 6.43 Å². The van der Waals surface area contributed by atoms with Gasteiger partial charge in [-0.05, 0) is 29.2 Å². The molecule has 0 aromatic heterocycles. The van der Waals surface area contributed by atoms with Crippen LogP contribution in [0.1, 0.15) is 30.4 Å². The second kappa shape index (κ2) is 11.1. The first-order valence-corrected chi connectivity index (χ1v) is 10.7. The number of alkyl carbamates (subject to hydrolysis) is 1. The lowest BCUT2D eigenvalue weighted by Crippen LogP contribution is -2.56. The van der Waals surface area contributed by atoms with Gasteiger partial charge in [0.1, 0.15) is 18.7 Å². The number of rotatable bonds is 10. The molecule has 34 heavy (non-hydrogen) atoms. The van der Waals surface area contributed by atoms with E-state index in [0.29, 0.717) is 0 Å². The second-order valence-electron chi connectivity index (χ2n) is 7.94. The van der Waals surface area contributed by atoms with Gasteiger partial charge in [0.05, 0.1) is 12.5 Å². The molecule has 1 aliphatic carbocycles. The summed E-state index contributed by atoms with van der Waals surface area (Å²) < 4.78 is 36.8. The molecule has 0 saturated carbocycles. The summed E-state index contributed by atoms with van der Waals surface area (Å²) >= 11 is 0. The van der Waals surface area contributed by atoms with Crippen LogP contribution in [0.3, 0.4) is 0 Å². The van der Waals surface area contributed by atoms with E-state index in [2.05, 4.69) is 5.32 Å². The maximum absolute atomic E-state index is 13.1. The van der Waals surface area contributed by atoms with Crippen molar-refractivity contribution in [1.82, 2.24) is 10.6 Å². The van der Waals surface area contributed by atoms with Crippen LogP contribution in [-0.4, -0.2) is 61.4 Å². The summed E-state index contributed by atoms with van der Waals surface area (Å²) in [6, 6.07) is 12.3. The highest BCUT2D eigenvalue weighted by molar-refractivity contribution is 5.87. The van der Waals surface area contributed by atoms with E-state index in [1.54, 1.807) is 0 Å². The zero-order chi connectivity index (χ0) is 24.8. The smallest absolute Gasteiger partial charge is 0.407 e. The molecule has 3 N–H and O–H groups in total. The summed E-state index contributed by atoms with van der Waals surface area (Å²) in [6.07, 6.45) is -5.91. The molecule has 0 heterocycles. The van der Waals surface area contributed by atoms with E-state index in [1.165, 1.54) is 14.0 Å². The van der Waals surface area contributed by atoms with E-state index in [0.717, 1.165) is 22.3 Å². The summed E-state index contributed by atoms with van der Waals surface area (Å²) in [4.78, 5) is 35.9. The first-order valence-electron chi connectivity index (χ1n) is 10.7. The van der Waals surface area contributed by atoms with Crippen LogP contribution in [0.25, 0.3) is 11.1 Å². The number of hydrogen-bond donors (Lipinski definition) is 3. The van der Waals surface area contributed by atoms with Gasteiger partial charge in [0, 0.05) is 13.0 Å². The molecule has 0 aliphatic heterocycles. The molecule has 8 nitrogen and oxygen atoms in total. The van der Waals surface area contributed by atoms with Crippen LogP contribution in [0, 0.1) is 0 Å². The van der Waals surface area contributed by atoms with E-state index < -0.39 is 49.0 Å². The predicted octanol–water partition coefficient (Wildman–Crippen LogP) is 3.15. The number of carbonyl (C=O) groups excluding carboxylic acids is 2. The number of carbonyl (C=O) groups is 3. The fourth-order valence-electron chi connectivity index (χ4n) is 3.96. The lowest BCUT2D eigenvalue weighted by molar-refractivity contribution is -0.139. The lowest BCUT2D eigenvalue weighted by atomic mass is 9.98. The molecular formula is C24H26F2N2O6. The molecule has 2 amide bonds. The highest BCUT2D eigenvalue weighted by Gasteiger charge is 2.34. The Morgan fingerprint density at radius 2 is 1.56 bits per heavy atom. The number of ether oxygens (including phenoxy) is 2. The van der Waals surface area contributed by atoms with Gasteiger partial charge in [0.2, 0.25) is 5.91 Å². The third-order valence-corrected chi connectivity index (χ3v) is 5.77. The van der Waals surface area contributed by atoms with Gasteiger partial charge in [-0.15, -0.1) is 0 Å². The standard InChI is InChI=1S/C24H26F2N2O6/c1-13(33-2)21(23(31)27-19(22(25)26)11-20(29)30)28-24(32)34-12-18-16-9-5-3-7-14(16)15-8-4-6-10-17(15)18/h3-10,13,18-19,21-22H,11-12H2,1-2H3,(H,27,31)(H,28,32)(H,29,30)/t13-,19?,21+/m1/s1. The number of carboxylic acid groups (broad SMARTS) is 1. The summed E-state index contributed by atoms with van der Waals surface area (Å²) in [6.45, 7) is 1.46. The van der Waals surface area contributed by atoms with Crippen LogP contribution in [0.4, 0.5) is 13.6 Å². The van der Waals surface area contributed by atoms with E-state index in [1.807, 2.05) is 53.8 Å². The Bertz CT molecular complexity index is 1000. The minimum atomic E-state index is -3.10. The molecule has 10 heteroatoms. The van der Waals surface area contributed by atoms with Crippen molar-refractivity contribution in [1.29, 1.82) is 0 Å². The Kier molecular flexibility index (Phi) is 8.17. The number of carboxylic acids is 1. The molecule has 1 aliphatic rings. The van der Waals surface area contributed by atoms with Gasteiger partial charge >= 0.3 is 12.1 Å². The zero-order valence-electron chi connectivity index (χ0n) is 18.7. The number of amides is 2. The molecule has 3 rings (SSSR count). The lowest BCUT2D eigenvalue weighted by Gasteiger charge is -2.26. The van der Waals surface area contributed by atoms with E-state index >= 15 is 0 Å². The molecule has 0 fully saturated rings. The number of halogens is 2. The number of methoxy groups -OCH3 is 1. The summed E-state index contributed by atoms with van der Waals surface area (Å²) in [5.74, 6) is -2.70. The molecule has 2 aromatic rings. The summed E-state index contributed by atoms with van der Waals surface area (Å²) in [7, 11) is 1.28. The molecule has 1 unspecified atom stereocenters. The Labute approximate surface area is 195 Å². The van der Waals surface area contributed by atoms with Gasteiger partial charge in [-0.3, -0.25) is 9.59 Å². The molecule has 0 radical (unpaired) electrons. The molecular weight excluding hydrogens is 450 g/mol. The van der Waals surface area contributed by atoms with Crippen molar-refractivity contribution in [2.24, 2.45) is 0 Å². The van der Waals surface area contributed by atoms with Crippen molar-refractivity contribution in [3.05, 3.63) is 59.7 Å². The van der Waals surface area contributed by atoms with E-state index in [-0.39, 0.29) is 12.5 Å². The molecule has 3 atom stereocenters. The number of nitrogens with one attached hydrogen (secondary N) is 2. The normalized spacial score (nSPS) is 15.1. The number of hydrogen-bond acceptors (Lipinski definition) is 5. The molecule has 0 spiro atoms. The highest BCUT2D eigenvalue weighted by Crippen LogP contribution is 2.44. The number of alkyl halides is 2. The minimum absolute atomic E-state index is 0.00572. The van der Waals surface area contributed by atoms with Crippen LogP contribution in [-0.2, 0) is 19.1 Å². The fraction of sp³-hybridized carbons (Fsp3) is 0.375. The van der Waals surface area contributed by atoms with Gasteiger partial charge in [0.15, 0.2) is 0 Å².